The number of aliphatic hydroxyl groups excluding tert-OH is 2. The lowest BCUT2D eigenvalue weighted by molar-refractivity contribution is -0.114. The molecule has 0 amide bonds. The lowest BCUT2D eigenvalue weighted by atomic mass is 10.1. The molecule has 0 aromatic heterocycles. The fraction of sp³-hybridized carbons (Fsp3) is 0.364. The number of hydrogen-bond donors (Lipinski definition) is 2. The van der Waals surface area contributed by atoms with E-state index in [4.69, 9.17) is 9.84 Å². The summed E-state index contributed by atoms with van der Waals surface area (Å²) in [5.41, 5.74) is 0.955. The van der Waals surface area contributed by atoms with Crippen LogP contribution >= 0.6 is 0 Å². The molecule has 4 nitrogen and oxygen atoms in total. The number of hydrogen-bond acceptors (Lipinski definition) is 4. The van der Waals surface area contributed by atoms with E-state index in [0.29, 0.717) is 24.2 Å². The van der Waals surface area contributed by atoms with E-state index in [2.05, 4.69) is 0 Å². The van der Waals surface area contributed by atoms with E-state index in [9.17, 15) is 9.90 Å². The van der Waals surface area contributed by atoms with E-state index in [1.54, 1.807) is 18.2 Å². The SMILES string of the molecule is O=C1C(=CCCO)C2OCC=CC2=C1O. The van der Waals surface area contributed by atoms with Crippen LogP contribution in [0.15, 0.2) is 35.1 Å². The van der Waals surface area contributed by atoms with E-state index >= 15 is 0 Å². The number of aliphatic hydroxyl groups is 2. The number of fused-ring (bicyclic) bond motifs is 1. The molecule has 4 heteroatoms. The molecule has 1 atom stereocenters. The first-order valence-corrected chi connectivity index (χ1v) is 4.82. The molecule has 2 aliphatic rings. The number of ether oxygens (including phenoxy) is 1. The van der Waals surface area contributed by atoms with Gasteiger partial charge in [0.1, 0.15) is 6.10 Å². The minimum Gasteiger partial charge on any atom is -0.504 e. The minimum atomic E-state index is -0.450. The highest BCUT2D eigenvalue weighted by Crippen LogP contribution is 2.32. The molecule has 0 aromatic rings. The van der Waals surface area contributed by atoms with Gasteiger partial charge >= 0.3 is 0 Å². The van der Waals surface area contributed by atoms with Gasteiger partial charge in [-0.25, -0.2) is 0 Å². The van der Waals surface area contributed by atoms with Crippen molar-refractivity contribution >= 4 is 5.78 Å². The predicted molar refractivity (Wildman–Crippen MR) is 53.3 cm³/mol. The first-order valence-electron chi connectivity index (χ1n) is 4.82. The molecular formula is C11H12O4. The Hall–Kier alpha value is -1.39. The standard InChI is InChI=1S/C11H12O4/c12-5-1-3-7-9(13)10(14)8-4-2-6-15-11(7)8/h2-4,11-12,14H,1,5-6H2. The third-order valence-electron chi connectivity index (χ3n) is 2.47. The van der Waals surface area contributed by atoms with Crippen LogP contribution in [0.3, 0.4) is 0 Å². The second-order valence-corrected chi connectivity index (χ2v) is 3.42. The van der Waals surface area contributed by atoms with E-state index in [1.807, 2.05) is 0 Å². The van der Waals surface area contributed by atoms with E-state index in [-0.39, 0.29) is 12.4 Å². The second kappa shape index (κ2) is 4.00. The van der Waals surface area contributed by atoms with Gasteiger partial charge < -0.3 is 14.9 Å². The molecule has 0 fully saturated rings. The predicted octanol–water partition coefficient (Wildman–Crippen LogP) is 0.645. The summed E-state index contributed by atoms with van der Waals surface area (Å²) >= 11 is 0. The van der Waals surface area contributed by atoms with Crippen molar-refractivity contribution in [3.63, 3.8) is 0 Å². The zero-order valence-electron chi connectivity index (χ0n) is 8.14. The van der Waals surface area contributed by atoms with E-state index in [0.717, 1.165) is 0 Å². The van der Waals surface area contributed by atoms with Crippen molar-refractivity contribution in [3.8, 4) is 0 Å². The van der Waals surface area contributed by atoms with Gasteiger partial charge in [0, 0.05) is 17.8 Å². The topological polar surface area (TPSA) is 66.8 Å². The van der Waals surface area contributed by atoms with Gasteiger partial charge in [-0.2, -0.15) is 0 Å². The van der Waals surface area contributed by atoms with Crippen LogP contribution in [-0.4, -0.2) is 35.3 Å². The van der Waals surface area contributed by atoms with E-state index < -0.39 is 11.9 Å². The summed E-state index contributed by atoms with van der Waals surface area (Å²) in [6.07, 6.45) is 5.03. The number of allylic oxidation sites excluding steroid dienone is 1. The fourth-order valence-corrected chi connectivity index (χ4v) is 1.77. The molecule has 2 rings (SSSR count). The van der Waals surface area contributed by atoms with Crippen LogP contribution in [0.1, 0.15) is 6.42 Å². The highest BCUT2D eigenvalue weighted by atomic mass is 16.5. The van der Waals surface area contributed by atoms with Crippen molar-refractivity contribution in [2.45, 2.75) is 12.5 Å². The van der Waals surface area contributed by atoms with Crippen molar-refractivity contribution in [2.75, 3.05) is 13.2 Å². The van der Waals surface area contributed by atoms with Crippen molar-refractivity contribution in [1.29, 1.82) is 0 Å². The summed E-state index contributed by atoms with van der Waals surface area (Å²) in [5.74, 6) is -0.630. The Bertz CT molecular complexity index is 376. The average molecular weight is 208 g/mol. The van der Waals surface area contributed by atoms with Crippen molar-refractivity contribution < 1.29 is 19.7 Å². The first-order chi connectivity index (χ1) is 7.25. The molecule has 0 bridgehead atoms. The highest BCUT2D eigenvalue weighted by molar-refractivity contribution is 6.12. The number of carbonyl (C=O) groups is 1. The maximum atomic E-state index is 11.6. The molecular weight excluding hydrogens is 196 g/mol. The van der Waals surface area contributed by atoms with Gasteiger partial charge in [0.15, 0.2) is 5.76 Å². The van der Waals surface area contributed by atoms with Crippen LogP contribution in [0.4, 0.5) is 0 Å². The van der Waals surface area contributed by atoms with Crippen molar-refractivity contribution in [3.05, 3.63) is 35.1 Å². The number of ketones is 1. The van der Waals surface area contributed by atoms with Crippen LogP contribution < -0.4 is 0 Å². The molecule has 0 spiro atoms. The monoisotopic (exact) mass is 208 g/mol. The summed E-state index contributed by atoms with van der Waals surface area (Å²) in [6.45, 7) is 0.417. The third kappa shape index (κ3) is 1.62. The van der Waals surface area contributed by atoms with Crippen LogP contribution in [-0.2, 0) is 9.53 Å². The largest absolute Gasteiger partial charge is 0.504 e. The Balaban J connectivity index is 2.33. The zero-order chi connectivity index (χ0) is 10.8. The van der Waals surface area contributed by atoms with Crippen LogP contribution in [0.2, 0.25) is 0 Å². The summed E-state index contributed by atoms with van der Waals surface area (Å²) in [4.78, 5) is 11.6. The zero-order valence-corrected chi connectivity index (χ0v) is 8.14. The molecule has 2 N–H and O–H groups in total. The molecule has 0 radical (unpaired) electrons. The highest BCUT2D eigenvalue weighted by Gasteiger charge is 2.37. The smallest absolute Gasteiger partial charge is 0.226 e. The molecule has 0 saturated carbocycles. The van der Waals surface area contributed by atoms with Crippen LogP contribution in [0.25, 0.3) is 0 Å². The fourth-order valence-electron chi connectivity index (χ4n) is 1.77. The first kappa shape index (κ1) is 10.1. The molecule has 80 valence electrons. The molecule has 0 aromatic carbocycles. The third-order valence-corrected chi connectivity index (χ3v) is 2.47. The van der Waals surface area contributed by atoms with Crippen LogP contribution in [0, 0.1) is 0 Å². The van der Waals surface area contributed by atoms with Gasteiger partial charge in [-0.15, -0.1) is 0 Å². The summed E-state index contributed by atoms with van der Waals surface area (Å²) in [5, 5.41) is 18.2. The van der Waals surface area contributed by atoms with Gasteiger partial charge in [0.2, 0.25) is 5.78 Å². The Morgan fingerprint density at radius 3 is 3.13 bits per heavy atom. The van der Waals surface area contributed by atoms with E-state index in [1.165, 1.54) is 0 Å². The average Bonchev–Trinajstić information content (AvgIpc) is 2.51. The minimum absolute atomic E-state index is 0.0184. The maximum Gasteiger partial charge on any atom is 0.226 e. The van der Waals surface area contributed by atoms with Crippen molar-refractivity contribution in [1.82, 2.24) is 0 Å². The normalized spacial score (nSPS) is 27.7. The van der Waals surface area contributed by atoms with Gasteiger partial charge in [-0.3, -0.25) is 4.79 Å². The Morgan fingerprint density at radius 2 is 2.40 bits per heavy atom. The molecule has 1 aliphatic heterocycles. The Labute approximate surface area is 87.2 Å². The van der Waals surface area contributed by atoms with Gasteiger partial charge in [-0.1, -0.05) is 18.2 Å². The van der Waals surface area contributed by atoms with Gasteiger partial charge in [-0.05, 0) is 6.42 Å². The van der Waals surface area contributed by atoms with Crippen molar-refractivity contribution in [2.24, 2.45) is 0 Å². The number of Topliss-reactive ketones (excluding diaryl/α,β-unsaturated/α-hetero) is 1. The Kier molecular flexibility index (Phi) is 2.70. The summed E-state index contributed by atoms with van der Waals surface area (Å²) in [6, 6.07) is 0. The summed E-state index contributed by atoms with van der Waals surface area (Å²) in [7, 11) is 0. The molecule has 0 saturated heterocycles. The Morgan fingerprint density at radius 1 is 1.60 bits per heavy atom. The second-order valence-electron chi connectivity index (χ2n) is 3.42. The molecule has 1 aliphatic carbocycles. The van der Waals surface area contributed by atoms with Gasteiger partial charge in [0.05, 0.1) is 6.61 Å². The molecule has 1 unspecified atom stereocenters. The molecule has 1 heterocycles. The lowest BCUT2D eigenvalue weighted by Crippen LogP contribution is -2.19. The number of carbonyl (C=O) groups excluding carboxylic acids is 1. The maximum absolute atomic E-state index is 11.6. The molecule has 15 heavy (non-hydrogen) atoms. The number of rotatable bonds is 2. The quantitative estimate of drug-likeness (QED) is 0.654. The summed E-state index contributed by atoms with van der Waals surface area (Å²) < 4.78 is 5.38. The van der Waals surface area contributed by atoms with Gasteiger partial charge in [0.25, 0.3) is 0 Å². The lowest BCUT2D eigenvalue weighted by Gasteiger charge is -2.17. The van der Waals surface area contributed by atoms with Crippen LogP contribution in [0.5, 0.6) is 0 Å².